The molecule has 5 aromatic rings. The van der Waals surface area contributed by atoms with Crippen LogP contribution in [0.1, 0.15) is 5.56 Å². The summed E-state index contributed by atoms with van der Waals surface area (Å²) in [4.78, 5) is 0. The van der Waals surface area contributed by atoms with Crippen LogP contribution in [0.4, 0.5) is 0 Å². The molecular weight excluding hydrogens is 403 g/mol. The summed E-state index contributed by atoms with van der Waals surface area (Å²) in [7, 11) is -3.59. The Balaban J connectivity index is 1.58. The van der Waals surface area contributed by atoms with Crippen molar-refractivity contribution in [3.8, 4) is 11.5 Å². The van der Waals surface area contributed by atoms with Crippen molar-refractivity contribution >= 4 is 29.1 Å². The molecule has 0 atom stereocenters. The van der Waals surface area contributed by atoms with E-state index >= 15 is 0 Å². The number of hydrogen-bond donors (Lipinski definition) is 0. The first-order chi connectivity index (χ1) is 15.2. The summed E-state index contributed by atoms with van der Waals surface area (Å²) in [5.74, 6) is 1.11. The van der Waals surface area contributed by atoms with Gasteiger partial charge in [0.2, 0.25) is 0 Å². The topological polar surface area (TPSA) is 35.5 Å². The van der Waals surface area contributed by atoms with Gasteiger partial charge in [0.1, 0.15) is 11.5 Å². The fourth-order valence-electron chi connectivity index (χ4n) is 3.74. The van der Waals surface area contributed by atoms with Crippen molar-refractivity contribution in [2.45, 2.75) is 6.16 Å². The molecule has 0 unspecified atom stereocenters. The minimum Gasteiger partial charge on any atom is -0.415 e. The monoisotopic (exact) mass is 424 g/mol. The molecule has 0 saturated carbocycles. The molecular formula is C27H21O3P. The molecule has 0 amide bonds. The molecule has 31 heavy (non-hydrogen) atoms. The van der Waals surface area contributed by atoms with Gasteiger partial charge in [0.15, 0.2) is 0 Å². The molecule has 4 heteroatoms. The molecule has 0 aromatic heterocycles. The zero-order valence-corrected chi connectivity index (χ0v) is 17.7. The number of rotatable bonds is 6. The van der Waals surface area contributed by atoms with Gasteiger partial charge in [0.25, 0.3) is 0 Å². The van der Waals surface area contributed by atoms with Gasteiger partial charge >= 0.3 is 7.60 Å². The molecule has 5 rings (SSSR count). The van der Waals surface area contributed by atoms with Gasteiger partial charge in [-0.25, -0.2) is 4.57 Å². The quantitative estimate of drug-likeness (QED) is 0.260. The van der Waals surface area contributed by atoms with E-state index < -0.39 is 7.60 Å². The van der Waals surface area contributed by atoms with E-state index in [4.69, 9.17) is 9.05 Å². The van der Waals surface area contributed by atoms with Gasteiger partial charge in [0, 0.05) is 10.8 Å². The Labute approximate surface area is 181 Å². The third kappa shape index (κ3) is 4.19. The molecule has 0 heterocycles. The molecule has 0 N–H and O–H groups in total. The van der Waals surface area contributed by atoms with Crippen molar-refractivity contribution in [1.29, 1.82) is 0 Å². The Morgan fingerprint density at radius 2 is 0.968 bits per heavy atom. The average molecular weight is 424 g/mol. The van der Waals surface area contributed by atoms with E-state index in [2.05, 4.69) is 0 Å². The normalized spacial score (nSPS) is 11.5. The first-order valence-corrected chi connectivity index (χ1v) is 11.9. The summed E-state index contributed by atoms with van der Waals surface area (Å²) in [6.07, 6.45) is 0.167. The fraction of sp³-hybridized carbons (Fsp3) is 0.0370. The number of fused-ring (bicyclic) bond motifs is 2. The summed E-state index contributed by atoms with van der Waals surface area (Å²) >= 11 is 0. The summed E-state index contributed by atoms with van der Waals surface area (Å²) in [5.41, 5.74) is 0.895. The minimum atomic E-state index is -3.59. The Kier molecular flexibility index (Phi) is 5.19. The Bertz CT molecular complexity index is 1300. The Morgan fingerprint density at radius 1 is 0.516 bits per heavy atom. The van der Waals surface area contributed by atoms with E-state index in [1.165, 1.54) is 0 Å². The summed E-state index contributed by atoms with van der Waals surface area (Å²) in [6.45, 7) is 0. The highest BCUT2D eigenvalue weighted by Gasteiger charge is 2.30. The van der Waals surface area contributed by atoms with Crippen molar-refractivity contribution < 1.29 is 13.6 Å². The van der Waals surface area contributed by atoms with Gasteiger partial charge in [-0.3, -0.25) is 0 Å². The summed E-state index contributed by atoms with van der Waals surface area (Å²) in [5, 5.41) is 3.85. The van der Waals surface area contributed by atoms with E-state index in [1.54, 1.807) is 0 Å². The SMILES string of the molecule is O=P(Cc1ccccc1)(Oc1cccc2ccccc12)Oc1cccc2ccccc12. The van der Waals surface area contributed by atoms with E-state index in [1.807, 2.05) is 115 Å². The second-order valence-corrected chi connectivity index (χ2v) is 9.29. The highest BCUT2D eigenvalue weighted by molar-refractivity contribution is 7.53. The molecule has 0 saturated heterocycles. The van der Waals surface area contributed by atoms with Crippen LogP contribution in [0.3, 0.4) is 0 Å². The van der Waals surface area contributed by atoms with Crippen LogP contribution in [-0.2, 0) is 10.7 Å². The second-order valence-electron chi connectivity index (χ2n) is 7.39. The van der Waals surface area contributed by atoms with Crippen molar-refractivity contribution in [2.75, 3.05) is 0 Å². The third-order valence-corrected chi connectivity index (χ3v) is 6.90. The molecule has 0 aliphatic heterocycles. The molecule has 152 valence electrons. The molecule has 5 aromatic carbocycles. The zero-order valence-electron chi connectivity index (χ0n) is 16.8. The summed E-state index contributed by atoms with van der Waals surface area (Å²) in [6, 6.07) is 37.0. The molecule has 0 fully saturated rings. The van der Waals surface area contributed by atoms with Gasteiger partial charge < -0.3 is 9.05 Å². The number of benzene rings is 5. The lowest BCUT2D eigenvalue weighted by Gasteiger charge is -2.22. The van der Waals surface area contributed by atoms with Gasteiger partial charge in [-0.2, -0.15) is 0 Å². The van der Waals surface area contributed by atoms with Crippen molar-refractivity contribution in [1.82, 2.24) is 0 Å². The van der Waals surface area contributed by atoms with Crippen LogP contribution in [0.25, 0.3) is 21.5 Å². The van der Waals surface area contributed by atoms with Crippen LogP contribution in [0.5, 0.6) is 11.5 Å². The molecule has 3 nitrogen and oxygen atoms in total. The summed E-state index contributed by atoms with van der Waals surface area (Å²) < 4.78 is 26.6. The Morgan fingerprint density at radius 3 is 1.52 bits per heavy atom. The third-order valence-electron chi connectivity index (χ3n) is 5.19. The fourth-order valence-corrected chi connectivity index (χ4v) is 5.48. The van der Waals surface area contributed by atoms with Gasteiger partial charge in [0.05, 0.1) is 6.16 Å². The predicted molar refractivity (Wildman–Crippen MR) is 127 cm³/mol. The van der Waals surface area contributed by atoms with Gasteiger partial charge in [-0.05, 0) is 28.5 Å². The van der Waals surface area contributed by atoms with Crippen molar-refractivity contribution in [2.24, 2.45) is 0 Å². The maximum atomic E-state index is 14.2. The second kappa shape index (κ2) is 8.29. The lowest BCUT2D eigenvalue weighted by Crippen LogP contribution is -2.05. The van der Waals surface area contributed by atoms with Crippen LogP contribution in [0, 0.1) is 0 Å². The zero-order chi connectivity index (χ0) is 21.1. The maximum absolute atomic E-state index is 14.2. The lowest BCUT2D eigenvalue weighted by atomic mass is 10.1. The standard InChI is InChI=1S/C27H21O3P/c28-31(20-21-10-2-1-3-11-21,29-26-18-8-14-22-12-4-6-16-24(22)26)30-27-19-9-15-23-13-5-7-17-25(23)27/h1-19H,20H2. The Hall–Kier alpha value is -3.55. The molecule has 0 radical (unpaired) electrons. The number of hydrogen-bond acceptors (Lipinski definition) is 3. The van der Waals surface area contributed by atoms with Crippen molar-refractivity contribution in [3.05, 3.63) is 121 Å². The average Bonchev–Trinajstić information content (AvgIpc) is 2.80. The maximum Gasteiger partial charge on any atom is 0.435 e. The van der Waals surface area contributed by atoms with Gasteiger partial charge in [-0.1, -0.05) is 103 Å². The molecule has 0 aliphatic carbocycles. The van der Waals surface area contributed by atoms with Crippen LogP contribution in [-0.4, -0.2) is 0 Å². The van der Waals surface area contributed by atoms with Crippen molar-refractivity contribution in [3.63, 3.8) is 0 Å². The molecule has 0 bridgehead atoms. The van der Waals surface area contributed by atoms with E-state index in [-0.39, 0.29) is 6.16 Å². The smallest absolute Gasteiger partial charge is 0.415 e. The highest BCUT2D eigenvalue weighted by atomic mass is 31.2. The minimum absolute atomic E-state index is 0.167. The molecule has 0 spiro atoms. The van der Waals surface area contributed by atoms with E-state index in [0.717, 1.165) is 27.1 Å². The van der Waals surface area contributed by atoms with Crippen LogP contribution >= 0.6 is 7.60 Å². The van der Waals surface area contributed by atoms with Crippen LogP contribution in [0.2, 0.25) is 0 Å². The van der Waals surface area contributed by atoms with E-state index in [0.29, 0.717) is 11.5 Å². The van der Waals surface area contributed by atoms with Gasteiger partial charge in [-0.15, -0.1) is 0 Å². The van der Waals surface area contributed by atoms with Crippen LogP contribution in [0.15, 0.2) is 115 Å². The van der Waals surface area contributed by atoms with E-state index in [9.17, 15) is 4.57 Å². The van der Waals surface area contributed by atoms with Crippen LogP contribution < -0.4 is 9.05 Å². The predicted octanol–water partition coefficient (Wildman–Crippen LogP) is 7.84. The largest absolute Gasteiger partial charge is 0.435 e. The lowest BCUT2D eigenvalue weighted by molar-refractivity contribution is 0.388. The highest BCUT2D eigenvalue weighted by Crippen LogP contribution is 2.53. The first kappa shape index (κ1) is 19.4. The molecule has 0 aliphatic rings. The first-order valence-electron chi connectivity index (χ1n) is 10.2.